The van der Waals surface area contributed by atoms with Gasteiger partial charge in [0.05, 0.1) is 31.0 Å². The van der Waals surface area contributed by atoms with E-state index < -0.39 is 11.7 Å². The van der Waals surface area contributed by atoms with E-state index in [4.69, 9.17) is 9.47 Å². The summed E-state index contributed by atoms with van der Waals surface area (Å²) in [7, 11) is 0. The number of hydrogen-bond donors (Lipinski definition) is 1. The topological polar surface area (TPSA) is 84.0 Å². The van der Waals surface area contributed by atoms with Crippen molar-refractivity contribution in [3.05, 3.63) is 53.2 Å². The highest BCUT2D eigenvalue weighted by Crippen LogP contribution is 2.32. The van der Waals surface area contributed by atoms with Crippen LogP contribution in [0.3, 0.4) is 0 Å². The molecular weight excluding hydrogens is 408 g/mol. The van der Waals surface area contributed by atoms with E-state index in [1.807, 2.05) is 36.5 Å². The van der Waals surface area contributed by atoms with Crippen molar-refractivity contribution in [2.45, 2.75) is 45.9 Å². The summed E-state index contributed by atoms with van der Waals surface area (Å²) >= 11 is 0. The second-order valence-corrected chi connectivity index (χ2v) is 9.14. The molecule has 0 aliphatic carbocycles. The van der Waals surface area contributed by atoms with Gasteiger partial charge in [-0.3, -0.25) is 9.69 Å². The van der Waals surface area contributed by atoms with Crippen LogP contribution in [0.25, 0.3) is 0 Å². The van der Waals surface area contributed by atoms with Gasteiger partial charge in [0.25, 0.3) is 5.91 Å². The van der Waals surface area contributed by atoms with Crippen LogP contribution in [0.2, 0.25) is 0 Å². The number of amides is 2. The quantitative estimate of drug-likeness (QED) is 0.769. The summed E-state index contributed by atoms with van der Waals surface area (Å²) in [4.78, 5) is 33.6. The molecule has 2 aromatic rings. The van der Waals surface area contributed by atoms with Crippen LogP contribution in [0.4, 0.5) is 16.3 Å². The summed E-state index contributed by atoms with van der Waals surface area (Å²) in [6.07, 6.45) is 1.23. The van der Waals surface area contributed by atoms with Gasteiger partial charge < -0.3 is 14.8 Å². The van der Waals surface area contributed by atoms with Gasteiger partial charge in [-0.05, 0) is 51.0 Å². The number of hydrogen-bond acceptors (Lipinski definition) is 7. The molecule has 1 unspecified atom stereocenters. The lowest BCUT2D eigenvalue weighted by atomic mass is 10.1. The summed E-state index contributed by atoms with van der Waals surface area (Å²) in [6, 6.07) is 9.75. The van der Waals surface area contributed by atoms with Gasteiger partial charge in [0.15, 0.2) is 0 Å². The lowest BCUT2D eigenvalue weighted by molar-refractivity contribution is 0.0198. The monoisotopic (exact) mass is 438 g/mol. The van der Waals surface area contributed by atoms with E-state index in [2.05, 4.69) is 22.1 Å². The van der Waals surface area contributed by atoms with Crippen LogP contribution >= 0.6 is 0 Å². The molecule has 8 heteroatoms. The Balaban J connectivity index is 1.48. The van der Waals surface area contributed by atoms with Crippen LogP contribution in [0.15, 0.2) is 36.5 Å². The maximum Gasteiger partial charge on any atom is 0.417 e. The van der Waals surface area contributed by atoms with Crippen molar-refractivity contribution >= 4 is 23.5 Å². The highest BCUT2D eigenvalue weighted by molar-refractivity contribution is 6.10. The molecule has 170 valence electrons. The molecule has 0 spiro atoms. The van der Waals surface area contributed by atoms with Gasteiger partial charge in [-0.25, -0.2) is 14.7 Å². The van der Waals surface area contributed by atoms with E-state index in [0.29, 0.717) is 17.1 Å². The van der Waals surface area contributed by atoms with E-state index in [1.165, 1.54) is 0 Å². The standard InChI is InChI=1S/C24H30N4O4/c1-16(27-10-12-31-13-11-27)17-8-9-20(25-14-17)26-19-7-5-6-18-15-28(22(29)21(18)19)23(30)32-24(2,3)4/h5-9,14,16H,10-13,15H2,1-4H3,(H,25,26). The maximum atomic E-state index is 13.0. The van der Waals surface area contributed by atoms with Crippen molar-refractivity contribution in [1.82, 2.24) is 14.8 Å². The minimum absolute atomic E-state index is 0.196. The number of carbonyl (C=O) groups excluding carboxylic acids is 2. The number of nitrogens with zero attached hydrogens (tertiary/aromatic N) is 3. The average molecular weight is 439 g/mol. The normalized spacial score (nSPS) is 17.8. The van der Waals surface area contributed by atoms with Gasteiger partial charge in [-0.2, -0.15) is 0 Å². The first kappa shape index (κ1) is 22.2. The first-order chi connectivity index (χ1) is 15.2. The summed E-state index contributed by atoms with van der Waals surface area (Å²) in [5.41, 5.74) is 2.34. The predicted octanol–water partition coefficient (Wildman–Crippen LogP) is 4.11. The highest BCUT2D eigenvalue weighted by Gasteiger charge is 2.36. The van der Waals surface area contributed by atoms with Crippen LogP contribution in [0, 0.1) is 0 Å². The summed E-state index contributed by atoms with van der Waals surface area (Å²) in [5, 5.41) is 3.24. The Bertz CT molecular complexity index is 994. The number of anilines is 2. The zero-order valence-electron chi connectivity index (χ0n) is 19.1. The number of aromatic nitrogens is 1. The first-order valence-electron chi connectivity index (χ1n) is 10.9. The zero-order valence-corrected chi connectivity index (χ0v) is 19.1. The SMILES string of the molecule is CC(c1ccc(Nc2cccc3c2C(=O)N(C(=O)OC(C)(C)C)C3)nc1)N1CCOCC1. The van der Waals surface area contributed by atoms with E-state index in [-0.39, 0.29) is 18.5 Å². The fourth-order valence-corrected chi connectivity index (χ4v) is 3.97. The molecule has 1 N–H and O–H groups in total. The van der Waals surface area contributed by atoms with Crippen molar-refractivity contribution in [3.8, 4) is 0 Å². The fraction of sp³-hybridized carbons (Fsp3) is 0.458. The number of morpholine rings is 1. The highest BCUT2D eigenvalue weighted by atomic mass is 16.6. The first-order valence-corrected chi connectivity index (χ1v) is 10.9. The van der Waals surface area contributed by atoms with Crippen LogP contribution < -0.4 is 5.32 Å². The second kappa shape index (κ2) is 8.88. The van der Waals surface area contributed by atoms with Crippen LogP contribution in [-0.2, 0) is 16.0 Å². The van der Waals surface area contributed by atoms with Crippen molar-refractivity contribution in [1.29, 1.82) is 0 Å². The summed E-state index contributed by atoms with van der Waals surface area (Å²) in [5.74, 6) is 0.273. The molecule has 1 atom stereocenters. The minimum Gasteiger partial charge on any atom is -0.443 e. The molecule has 1 saturated heterocycles. The lowest BCUT2D eigenvalue weighted by Gasteiger charge is -2.32. The second-order valence-electron chi connectivity index (χ2n) is 9.14. The van der Waals surface area contributed by atoms with Crippen molar-refractivity contribution in [2.75, 3.05) is 31.6 Å². The van der Waals surface area contributed by atoms with Gasteiger partial charge in [-0.15, -0.1) is 0 Å². The third kappa shape index (κ3) is 4.76. The van der Waals surface area contributed by atoms with Gasteiger partial charge in [-0.1, -0.05) is 18.2 Å². The Morgan fingerprint density at radius 2 is 1.94 bits per heavy atom. The number of fused-ring (bicyclic) bond motifs is 1. The summed E-state index contributed by atoms with van der Waals surface area (Å²) in [6.45, 7) is 11.0. The molecule has 0 radical (unpaired) electrons. The molecule has 32 heavy (non-hydrogen) atoms. The third-order valence-corrected chi connectivity index (χ3v) is 5.68. The number of pyridine rings is 1. The molecule has 0 bridgehead atoms. The molecule has 2 aliphatic heterocycles. The minimum atomic E-state index is -0.669. The Kier molecular flexibility index (Phi) is 6.17. The third-order valence-electron chi connectivity index (χ3n) is 5.68. The molecule has 8 nitrogen and oxygen atoms in total. The number of ether oxygens (including phenoxy) is 2. The molecule has 1 fully saturated rings. The van der Waals surface area contributed by atoms with E-state index in [1.54, 1.807) is 20.8 Å². The molecule has 0 saturated carbocycles. The van der Waals surface area contributed by atoms with Crippen molar-refractivity contribution < 1.29 is 19.1 Å². The molecular formula is C24H30N4O4. The van der Waals surface area contributed by atoms with Crippen molar-refractivity contribution in [2.24, 2.45) is 0 Å². The van der Waals surface area contributed by atoms with E-state index >= 15 is 0 Å². The maximum absolute atomic E-state index is 13.0. The largest absolute Gasteiger partial charge is 0.443 e. The number of nitrogens with one attached hydrogen (secondary N) is 1. The summed E-state index contributed by atoms with van der Waals surface area (Å²) < 4.78 is 10.8. The lowest BCUT2D eigenvalue weighted by Crippen LogP contribution is -2.38. The van der Waals surface area contributed by atoms with Crippen LogP contribution in [-0.4, -0.2) is 58.7 Å². The van der Waals surface area contributed by atoms with Crippen molar-refractivity contribution in [3.63, 3.8) is 0 Å². The smallest absolute Gasteiger partial charge is 0.417 e. The van der Waals surface area contributed by atoms with Crippen LogP contribution in [0.5, 0.6) is 0 Å². The van der Waals surface area contributed by atoms with Crippen LogP contribution in [0.1, 0.15) is 55.2 Å². The van der Waals surface area contributed by atoms with Gasteiger partial charge in [0.2, 0.25) is 0 Å². The molecule has 2 amide bonds. The Morgan fingerprint density at radius 1 is 1.19 bits per heavy atom. The number of carbonyl (C=O) groups is 2. The molecule has 3 heterocycles. The molecule has 4 rings (SSSR count). The molecule has 1 aromatic carbocycles. The van der Waals surface area contributed by atoms with E-state index in [9.17, 15) is 9.59 Å². The number of imide groups is 1. The predicted molar refractivity (Wildman–Crippen MR) is 121 cm³/mol. The Hall–Kier alpha value is -2.97. The molecule has 2 aliphatic rings. The molecule has 1 aromatic heterocycles. The van der Waals surface area contributed by atoms with Gasteiger partial charge >= 0.3 is 6.09 Å². The average Bonchev–Trinajstić information content (AvgIpc) is 3.11. The van der Waals surface area contributed by atoms with Gasteiger partial charge in [0, 0.05) is 25.3 Å². The Morgan fingerprint density at radius 3 is 2.59 bits per heavy atom. The van der Waals surface area contributed by atoms with E-state index in [0.717, 1.165) is 42.3 Å². The number of rotatable bonds is 4. The number of benzene rings is 1. The van der Waals surface area contributed by atoms with Gasteiger partial charge in [0.1, 0.15) is 11.4 Å². The zero-order chi connectivity index (χ0) is 22.9. The fourth-order valence-electron chi connectivity index (χ4n) is 3.97. The Labute approximate surface area is 188 Å².